The summed E-state index contributed by atoms with van der Waals surface area (Å²) in [6.07, 6.45) is 2.19. The summed E-state index contributed by atoms with van der Waals surface area (Å²) in [6.45, 7) is 4.28. The molecule has 4 rings (SSSR count). The minimum absolute atomic E-state index is 0.128. The molecule has 2 aromatic rings. The maximum absolute atomic E-state index is 12.7. The zero-order chi connectivity index (χ0) is 23.9. The van der Waals surface area contributed by atoms with E-state index in [0.717, 1.165) is 38.5 Å². The van der Waals surface area contributed by atoms with Crippen molar-refractivity contribution in [1.82, 2.24) is 14.8 Å². The van der Waals surface area contributed by atoms with Crippen molar-refractivity contribution < 1.29 is 28.5 Å². The number of carbonyl (C=O) groups excluding carboxylic acids is 1. The number of nitrogens with one attached hydrogen (secondary N) is 1. The van der Waals surface area contributed by atoms with Crippen LogP contribution in [0.15, 0.2) is 17.3 Å². The van der Waals surface area contributed by atoms with Gasteiger partial charge in [0.1, 0.15) is 0 Å². The molecule has 2 fully saturated rings. The number of rotatable bonds is 10. The van der Waals surface area contributed by atoms with E-state index in [2.05, 4.69) is 25.0 Å². The number of aromatic nitrogens is 3. The summed E-state index contributed by atoms with van der Waals surface area (Å²) < 4.78 is 29.5. The molecular formula is C22H31N5O6S. The number of thioether (sulfide) groups is 1. The van der Waals surface area contributed by atoms with E-state index in [4.69, 9.17) is 23.7 Å². The van der Waals surface area contributed by atoms with Gasteiger partial charge in [-0.25, -0.2) is 0 Å². The largest absolute Gasteiger partial charge is 0.493 e. The molecule has 1 amide bonds. The van der Waals surface area contributed by atoms with Crippen molar-refractivity contribution in [3.8, 4) is 17.2 Å². The Kier molecular flexibility index (Phi) is 8.35. The lowest BCUT2D eigenvalue weighted by Crippen LogP contribution is -2.38. The molecule has 1 aromatic carbocycles. The first-order chi connectivity index (χ1) is 16.6. The molecule has 11 nitrogen and oxygen atoms in total. The van der Waals surface area contributed by atoms with Crippen LogP contribution in [0.4, 0.5) is 11.6 Å². The molecule has 1 aromatic heterocycles. The summed E-state index contributed by atoms with van der Waals surface area (Å²) in [6, 6.07) is 3.39. The number of nitrogens with zero attached hydrogens (tertiary/aromatic N) is 4. The topological polar surface area (TPSA) is 109 Å². The predicted molar refractivity (Wildman–Crippen MR) is 127 cm³/mol. The molecule has 2 aliphatic heterocycles. The Bertz CT molecular complexity index is 950. The van der Waals surface area contributed by atoms with Gasteiger partial charge in [-0.15, -0.1) is 10.2 Å². The maximum atomic E-state index is 12.7. The van der Waals surface area contributed by atoms with E-state index in [1.165, 1.54) is 33.1 Å². The summed E-state index contributed by atoms with van der Waals surface area (Å²) in [5.74, 6) is 2.19. The SMILES string of the molecule is COc1cc(NC(=O)CSc2nnc(N3CCOCC3)n2CC2CCCO2)cc(OC)c1OC. The van der Waals surface area contributed by atoms with Crippen LogP contribution in [-0.4, -0.2) is 86.8 Å². The fourth-order valence-electron chi connectivity index (χ4n) is 4.02. The van der Waals surface area contributed by atoms with Gasteiger partial charge in [-0.2, -0.15) is 0 Å². The summed E-state index contributed by atoms with van der Waals surface area (Å²) in [4.78, 5) is 14.9. The second-order valence-electron chi connectivity index (χ2n) is 7.88. The van der Waals surface area contributed by atoms with Crippen LogP contribution >= 0.6 is 11.8 Å². The van der Waals surface area contributed by atoms with Crippen molar-refractivity contribution in [2.45, 2.75) is 30.6 Å². The summed E-state index contributed by atoms with van der Waals surface area (Å²) in [5.41, 5.74) is 0.551. The lowest BCUT2D eigenvalue weighted by molar-refractivity contribution is -0.113. The molecule has 3 heterocycles. The third kappa shape index (κ3) is 5.68. The van der Waals surface area contributed by atoms with E-state index in [1.807, 2.05) is 0 Å². The standard InChI is InChI=1S/C22H31N5O6S/c1-29-17-11-15(12-18(30-2)20(17)31-3)23-19(28)14-34-22-25-24-21(26-6-9-32-10-7-26)27(22)13-16-5-4-8-33-16/h11-12,16H,4-10,13-14H2,1-3H3,(H,23,28). The van der Waals surface area contributed by atoms with Crippen LogP contribution in [0.2, 0.25) is 0 Å². The Labute approximate surface area is 203 Å². The first kappa shape index (κ1) is 24.4. The van der Waals surface area contributed by atoms with Crippen molar-refractivity contribution in [2.24, 2.45) is 0 Å². The number of methoxy groups -OCH3 is 3. The van der Waals surface area contributed by atoms with Crippen molar-refractivity contribution in [3.63, 3.8) is 0 Å². The first-order valence-corrected chi connectivity index (χ1v) is 12.2. The Morgan fingerprint density at radius 2 is 1.85 bits per heavy atom. The third-order valence-electron chi connectivity index (χ3n) is 5.68. The Hall–Kier alpha value is -2.70. The van der Waals surface area contributed by atoms with Gasteiger partial charge in [0.2, 0.25) is 17.6 Å². The van der Waals surface area contributed by atoms with Crippen LogP contribution in [0.1, 0.15) is 12.8 Å². The highest BCUT2D eigenvalue weighted by atomic mass is 32.2. The second-order valence-corrected chi connectivity index (χ2v) is 8.82. The zero-order valence-electron chi connectivity index (χ0n) is 19.7. The minimum Gasteiger partial charge on any atom is -0.493 e. The molecule has 1 N–H and O–H groups in total. The van der Waals surface area contributed by atoms with Crippen molar-refractivity contribution in [2.75, 3.05) is 70.2 Å². The average Bonchev–Trinajstić information content (AvgIpc) is 3.53. The second kappa shape index (κ2) is 11.6. The van der Waals surface area contributed by atoms with E-state index in [9.17, 15) is 4.79 Å². The molecule has 34 heavy (non-hydrogen) atoms. The fourth-order valence-corrected chi connectivity index (χ4v) is 4.76. The van der Waals surface area contributed by atoms with Gasteiger partial charge >= 0.3 is 0 Å². The molecule has 1 unspecified atom stereocenters. The molecule has 0 aliphatic carbocycles. The van der Waals surface area contributed by atoms with E-state index < -0.39 is 0 Å². The molecule has 0 saturated carbocycles. The van der Waals surface area contributed by atoms with Gasteiger partial charge in [0.05, 0.1) is 52.9 Å². The quantitative estimate of drug-likeness (QED) is 0.494. The van der Waals surface area contributed by atoms with Gasteiger partial charge in [0, 0.05) is 37.5 Å². The third-order valence-corrected chi connectivity index (χ3v) is 6.65. The maximum Gasteiger partial charge on any atom is 0.234 e. The predicted octanol–water partition coefficient (Wildman–Crippen LogP) is 2.05. The Morgan fingerprint density at radius 3 is 2.47 bits per heavy atom. The number of anilines is 2. The van der Waals surface area contributed by atoms with Gasteiger partial charge in [-0.1, -0.05) is 11.8 Å². The number of ether oxygens (including phenoxy) is 5. The highest BCUT2D eigenvalue weighted by Gasteiger charge is 2.25. The summed E-state index contributed by atoms with van der Waals surface area (Å²) in [7, 11) is 4.60. The summed E-state index contributed by atoms with van der Waals surface area (Å²) >= 11 is 1.35. The monoisotopic (exact) mass is 493 g/mol. The number of hydrogen-bond acceptors (Lipinski definition) is 10. The van der Waals surface area contributed by atoms with E-state index in [0.29, 0.717) is 47.9 Å². The smallest absolute Gasteiger partial charge is 0.234 e. The fraction of sp³-hybridized carbons (Fsp3) is 0.591. The number of amides is 1. The normalized spacial score (nSPS) is 18.1. The number of hydrogen-bond donors (Lipinski definition) is 1. The molecule has 1 atom stereocenters. The van der Waals surface area contributed by atoms with Gasteiger partial charge in [0.15, 0.2) is 16.7 Å². The lowest BCUT2D eigenvalue weighted by atomic mass is 10.2. The van der Waals surface area contributed by atoms with Crippen LogP contribution in [0, 0.1) is 0 Å². The van der Waals surface area contributed by atoms with E-state index in [-0.39, 0.29) is 17.8 Å². The van der Waals surface area contributed by atoms with Crippen LogP contribution in [0.25, 0.3) is 0 Å². The molecule has 0 bridgehead atoms. The number of benzene rings is 1. The van der Waals surface area contributed by atoms with Gasteiger partial charge in [0.25, 0.3) is 0 Å². The lowest BCUT2D eigenvalue weighted by Gasteiger charge is -2.28. The molecule has 0 spiro atoms. The van der Waals surface area contributed by atoms with Crippen LogP contribution in [0.3, 0.4) is 0 Å². The van der Waals surface area contributed by atoms with Crippen molar-refractivity contribution in [1.29, 1.82) is 0 Å². The van der Waals surface area contributed by atoms with Crippen LogP contribution in [0.5, 0.6) is 17.2 Å². The highest BCUT2D eigenvalue weighted by Crippen LogP contribution is 2.40. The number of morpholine rings is 1. The van der Waals surface area contributed by atoms with Crippen LogP contribution < -0.4 is 24.4 Å². The zero-order valence-corrected chi connectivity index (χ0v) is 20.6. The van der Waals surface area contributed by atoms with Crippen molar-refractivity contribution >= 4 is 29.3 Å². The minimum atomic E-state index is -0.182. The van der Waals surface area contributed by atoms with Crippen LogP contribution in [-0.2, 0) is 20.8 Å². The van der Waals surface area contributed by atoms with Gasteiger partial charge in [-0.3, -0.25) is 9.36 Å². The molecule has 12 heteroatoms. The molecule has 2 aliphatic rings. The molecule has 2 saturated heterocycles. The number of carbonyl (C=O) groups is 1. The van der Waals surface area contributed by atoms with Gasteiger partial charge < -0.3 is 33.9 Å². The Balaban J connectivity index is 1.45. The molecule has 186 valence electrons. The summed E-state index contributed by atoms with van der Waals surface area (Å²) in [5, 5.41) is 12.4. The van der Waals surface area contributed by atoms with E-state index >= 15 is 0 Å². The van der Waals surface area contributed by atoms with Crippen molar-refractivity contribution in [3.05, 3.63) is 12.1 Å². The molecular weight excluding hydrogens is 462 g/mol. The molecule has 0 radical (unpaired) electrons. The Morgan fingerprint density at radius 1 is 1.12 bits per heavy atom. The average molecular weight is 494 g/mol. The van der Waals surface area contributed by atoms with Gasteiger partial charge in [-0.05, 0) is 12.8 Å². The first-order valence-electron chi connectivity index (χ1n) is 11.2. The highest BCUT2D eigenvalue weighted by molar-refractivity contribution is 7.99. The van der Waals surface area contributed by atoms with E-state index in [1.54, 1.807) is 12.1 Å².